The average Bonchev–Trinajstić information content (AvgIpc) is 3.10. The highest BCUT2D eigenvalue weighted by Gasteiger charge is 2.16. The van der Waals surface area contributed by atoms with Gasteiger partial charge in [0.15, 0.2) is 5.96 Å². The number of nitrogens with one attached hydrogen (secondary N) is 2. The van der Waals surface area contributed by atoms with Crippen molar-refractivity contribution in [1.29, 1.82) is 0 Å². The van der Waals surface area contributed by atoms with Crippen LogP contribution < -0.4 is 10.6 Å². The molecular formula is C17H26IN5O3. The van der Waals surface area contributed by atoms with Crippen LogP contribution in [-0.2, 0) is 11.3 Å². The predicted octanol–water partition coefficient (Wildman–Crippen LogP) is 2.28. The third-order valence-electron chi connectivity index (χ3n) is 4.17. The number of nitro groups is 1. The Bertz CT molecular complexity index is 628. The van der Waals surface area contributed by atoms with Crippen molar-refractivity contribution in [2.75, 3.05) is 20.6 Å². The lowest BCUT2D eigenvalue weighted by atomic mass is 10.2. The smallest absolute Gasteiger partial charge is 0.269 e. The van der Waals surface area contributed by atoms with Crippen LogP contribution in [0.25, 0.3) is 0 Å². The lowest BCUT2D eigenvalue weighted by Crippen LogP contribution is -2.46. The Hall–Kier alpha value is -1.91. The fourth-order valence-electron chi connectivity index (χ4n) is 2.63. The van der Waals surface area contributed by atoms with Gasteiger partial charge in [0.25, 0.3) is 5.69 Å². The summed E-state index contributed by atoms with van der Waals surface area (Å²) in [5.74, 6) is 0.566. The largest absolute Gasteiger partial charge is 0.354 e. The first-order valence-electron chi connectivity index (χ1n) is 8.44. The molecule has 1 aromatic carbocycles. The maximum atomic E-state index is 11.8. The number of aliphatic imine (C=N–C) groups is 1. The van der Waals surface area contributed by atoms with Gasteiger partial charge in [-0.2, -0.15) is 0 Å². The second kappa shape index (κ2) is 10.9. The molecule has 0 bridgehead atoms. The zero-order chi connectivity index (χ0) is 18.2. The van der Waals surface area contributed by atoms with Gasteiger partial charge in [0.05, 0.1) is 18.0 Å². The molecule has 0 atom stereocenters. The summed E-state index contributed by atoms with van der Waals surface area (Å²) in [7, 11) is 3.42. The Labute approximate surface area is 170 Å². The molecule has 0 heterocycles. The summed E-state index contributed by atoms with van der Waals surface area (Å²) in [6.45, 7) is 0.558. The number of rotatable bonds is 6. The number of carbonyl (C=O) groups excluding carboxylic acids is 1. The number of hydrogen-bond donors (Lipinski definition) is 2. The average molecular weight is 475 g/mol. The number of halogens is 1. The van der Waals surface area contributed by atoms with Crippen LogP contribution in [-0.4, -0.2) is 48.4 Å². The highest BCUT2D eigenvalue weighted by molar-refractivity contribution is 14.0. The zero-order valence-corrected chi connectivity index (χ0v) is 17.4. The molecule has 144 valence electrons. The molecule has 1 amide bonds. The molecule has 0 aliphatic heterocycles. The molecule has 1 fully saturated rings. The van der Waals surface area contributed by atoms with Crippen LogP contribution in [0, 0.1) is 10.1 Å². The van der Waals surface area contributed by atoms with Crippen molar-refractivity contribution in [3.8, 4) is 0 Å². The Morgan fingerprint density at radius 1 is 1.27 bits per heavy atom. The van der Waals surface area contributed by atoms with Crippen LogP contribution in [0.3, 0.4) is 0 Å². The summed E-state index contributed by atoms with van der Waals surface area (Å²) < 4.78 is 0. The summed E-state index contributed by atoms with van der Waals surface area (Å²) in [4.78, 5) is 28.1. The van der Waals surface area contributed by atoms with Crippen LogP contribution >= 0.6 is 24.0 Å². The van der Waals surface area contributed by atoms with Gasteiger partial charge in [-0.3, -0.25) is 14.9 Å². The van der Waals surface area contributed by atoms with Crippen LogP contribution in [0.2, 0.25) is 0 Å². The van der Waals surface area contributed by atoms with E-state index in [1.165, 1.54) is 29.9 Å². The van der Waals surface area contributed by atoms with Gasteiger partial charge < -0.3 is 15.5 Å². The standard InChI is InChI=1S/C17H25N5O3.HI/c1-21(2)16(23)12-19-17(20-14-5-3-4-6-14)18-11-13-7-9-15(10-8-13)22(24)25;/h7-10,14H,3-6,11-12H2,1-2H3,(H2,18,19,20);1H. The first-order valence-corrected chi connectivity index (χ1v) is 8.44. The number of guanidine groups is 1. The number of amides is 1. The van der Waals surface area contributed by atoms with Crippen molar-refractivity contribution in [2.45, 2.75) is 38.3 Å². The minimum Gasteiger partial charge on any atom is -0.354 e. The van der Waals surface area contributed by atoms with Gasteiger partial charge in [-0.1, -0.05) is 25.0 Å². The quantitative estimate of drug-likeness (QED) is 0.216. The molecule has 0 spiro atoms. The monoisotopic (exact) mass is 475 g/mol. The van der Waals surface area contributed by atoms with Gasteiger partial charge in [0.2, 0.25) is 5.91 Å². The van der Waals surface area contributed by atoms with Crippen molar-refractivity contribution >= 4 is 41.5 Å². The van der Waals surface area contributed by atoms with Gasteiger partial charge in [0, 0.05) is 32.3 Å². The number of carbonyl (C=O) groups is 1. The van der Waals surface area contributed by atoms with E-state index in [-0.39, 0.29) is 42.1 Å². The number of non-ortho nitro benzene ring substituents is 1. The van der Waals surface area contributed by atoms with Crippen LogP contribution in [0.4, 0.5) is 5.69 Å². The minimum absolute atomic E-state index is 0. The molecular weight excluding hydrogens is 449 g/mol. The second-order valence-electron chi connectivity index (χ2n) is 6.36. The Morgan fingerprint density at radius 2 is 1.88 bits per heavy atom. The highest BCUT2D eigenvalue weighted by atomic mass is 127. The van der Waals surface area contributed by atoms with Crippen molar-refractivity contribution in [1.82, 2.24) is 15.5 Å². The fraction of sp³-hybridized carbons (Fsp3) is 0.529. The molecule has 0 radical (unpaired) electrons. The molecule has 26 heavy (non-hydrogen) atoms. The van der Waals surface area contributed by atoms with Crippen LogP contribution in [0.5, 0.6) is 0 Å². The van der Waals surface area contributed by atoms with Gasteiger partial charge in [-0.15, -0.1) is 24.0 Å². The van der Waals surface area contributed by atoms with E-state index in [4.69, 9.17) is 0 Å². The third kappa shape index (κ3) is 7.14. The summed E-state index contributed by atoms with van der Waals surface area (Å²) in [6, 6.07) is 6.70. The topological polar surface area (TPSA) is 99.9 Å². The number of nitrogens with zero attached hydrogens (tertiary/aromatic N) is 3. The molecule has 0 unspecified atom stereocenters. The predicted molar refractivity (Wildman–Crippen MR) is 112 cm³/mol. The molecule has 1 aliphatic carbocycles. The van der Waals surface area contributed by atoms with Gasteiger partial charge in [-0.05, 0) is 18.4 Å². The fourth-order valence-corrected chi connectivity index (χ4v) is 2.63. The molecule has 8 nitrogen and oxygen atoms in total. The summed E-state index contributed by atoms with van der Waals surface area (Å²) >= 11 is 0. The third-order valence-corrected chi connectivity index (χ3v) is 4.17. The van der Waals surface area contributed by atoms with Gasteiger partial charge in [0.1, 0.15) is 0 Å². The zero-order valence-electron chi connectivity index (χ0n) is 15.1. The lowest BCUT2D eigenvalue weighted by Gasteiger charge is -2.18. The maximum Gasteiger partial charge on any atom is 0.269 e. The normalized spacial score (nSPS) is 14.5. The minimum atomic E-state index is -0.422. The molecule has 1 aliphatic rings. The summed E-state index contributed by atoms with van der Waals surface area (Å²) in [6.07, 6.45) is 4.59. The SMILES string of the molecule is CN(C)C(=O)CNC(=NCc1ccc([N+](=O)[O-])cc1)NC1CCCC1.I. The van der Waals surface area contributed by atoms with Crippen LogP contribution in [0.15, 0.2) is 29.3 Å². The van der Waals surface area contributed by atoms with E-state index in [0.717, 1.165) is 18.4 Å². The number of likely N-dealkylation sites (N-methyl/N-ethyl adjacent to an activating group) is 1. The number of hydrogen-bond acceptors (Lipinski definition) is 4. The van der Waals surface area contributed by atoms with E-state index in [2.05, 4.69) is 15.6 Å². The first kappa shape index (κ1) is 22.1. The lowest BCUT2D eigenvalue weighted by molar-refractivity contribution is -0.384. The maximum absolute atomic E-state index is 11.8. The Balaban J connectivity index is 0.00000338. The summed E-state index contributed by atoms with van der Waals surface area (Å²) in [5.41, 5.74) is 0.934. The van der Waals surface area contributed by atoms with E-state index in [9.17, 15) is 14.9 Å². The van der Waals surface area contributed by atoms with E-state index in [1.807, 2.05) is 0 Å². The molecule has 2 N–H and O–H groups in total. The summed E-state index contributed by atoms with van der Waals surface area (Å²) in [5, 5.41) is 17.1. The molecule has 0 aromatic heterocycles. The molecule has 1 aromatic rings. The molecule has 1 saturated carbocycles. The van der Waals surface area contributed by atoms with E-state index >= 15 is 0 Å². The van der Waals surface area contributed by atoms with Crippen LogP contribution in [0.1, 0.15) is 31.2 Å². The van der Waals surface area contributed by atoms with E-state index in [0.29, 0.717) is 18.5 Å². The van der Waals surface area contributed by atoms with Crippen molar-refractivity contribution in [3.63, 3.8) is 0 Å². The van der Waals surface area contributed by atoms with E-state index < -0.39 is 4.92 Å². The Morgan fingerprint density at radius 3 is 2.42 bits per heavy atom. The second-order valence-corrected chi connectivity index (χ2v) is 6.36. The number of benzene rings is 1. The first-order chi connectivity index (χ1) is 12.0. The van der Waals surface area contributed by atoms with E-state index in [1.54, 1.807) is 26.2 Å². The van der Waals surface area contributed by atoms with Crippen molar-refractivity contribution in [3.05, 3.63) is 39.9 Å². The van der Waals surface area contributed by atoms with Gasteiger partial charge in [-0.25, -0.2) is 4.99 Å². The molecule has 0 saturated heterocycles. The van der Waals surface area contributed by atoms with Crippen molar-refractivity contribution in [2.24, 2.45) is 4.99 Å². The number of nitro benzene ring substituents is 1. The van der Waals surface area contributed by atoms with Gasteiger partial charge >= 0.3 is 0 Å². The Kier molecular flexibility index (Phi) is 9.31. The van der Waals surface area contributed by atoms with Crippen molar-refractivity contribution < 1.29 is 9.72 Å². The highest BCUT2D eigenvalue weighted by Crippen LogP contribution is 2.17. The molecule has 9 heteroatoms. The molecule has 2 rings (SSSR count).